The molecule has 21 heavy (non-hydrogen) atoms. The maximum absolute atomic E-state index is 9.14. The van der Waals surface area contributed by atoms with Crippen molar-refractivity contribution in [3.05, 3.63) is 47.2 Å². The third-order valence-corrected chi connectivity index (χ3v) is 2.91. The highest BCUT2D eigenvalue weighted by atomic mass is 16.5. The van der Waals surface area contributed by atoms with Crippen molar-refractivity contribution in [1.29, 1.82) is 0 Å². The van der Waals surface area contributed by atoms with Crippen LogP contribution in [0.5, 0.6) is 5.88 Å². The van der Waals surface area contributed by atoms with Crippen LogP contribution in [0, 0.1) is 6.92 Å². The van der Waals surface area contributed by atoms with Gasteiger partial charge in [0.2, 0.25) is 11.8 Å². The number of aliphatic hydroxyl groups is 1. The standard InChI is InChI=1S/C16H21N3O2/c1-3-7-21-15-8-12(2)18-16(19-15)17-10-13-5-4-6-14(9-13)11-20/h4-6,8-9,20H,3,7,10-11H2,1-2H3,(H,17,18,19). The Morgan fingerprint density at radius 3 is 2.76 bits per heavy atom. The Kier molecular flexibility index (Phi) is 5.51. The molecule has 112 valence electrons. The Hall–Kier alpha value is -2.14. The first kappa shape index (κ1) is 15.3. The molecule has 0 amide bonds. The third-order valence-electron chi connectivity index (χ3n) is 2.91. The summed E-state index contributed by atoms with van der Waals surface area (Å²) < 4.78 is 5.54. The van der Waals surface area contributed by atoms with E-state index in [0.29, 0.717) is 25.0 Å². The van der Waals surface area contributed by atoms with Gasteiger partial charge in [0.1, 0.15) is 0 Å². The summed E-state index contributed by atoms with van der Waals surface area (Å²) in [7, 11) is 0. The van der Waals surface area contributed by atoms with Gasteiger partial charge in [-0.05, 0) is 24.5 Å². The fourth-order valence-corrected chi connectivity index (χ4v) is 1.92. The van der Waals surface area contributed by atoms with E-state index >= 15 is 0 Å². The van der Waals surface area contributed by atoms with Crippen LogP contribution in [-0.2, 0) is 13.2 Å². The number of ether oxygens (including phenoxy) is 1. The summed E-state index contributed by atoms with van der Waals surface area (Å²) in [6.07, 6.45) is 0.944. The van der Waals surface area contributed by atoms with Crippen LogP contribution in [0.15, 0.2) is 30.3 Å². The second-order valence-corrected chi connectivity index (χ2v) is 4.85. The van der Waals surface area contributed by atoms with Gasteiger partial charge in [-0.25, -0.2) is 4.98 Å². The molecular weight excluding hydrogens is 266 g/mol. The summed E-state index contributed by atoms with van der Waals surface area (Å²) in [4.78, 5) is 8.68. The second kappa shape index (κ2) is 7.59. The molecule has 0 radical (unpaired) electrons. The maximum Gasteiger partial charge on any atom is 0.226 e. The number of anilines is 1. The first-order chi connectivity index (χ1) is 10.2. The van der Waals surface area contributed by atoms with Crippen molar-refractivity contribution in [3.63, 3.8) is 0 Å². The van der Waals surface area contributed by atoms with E-state index in [9.17, 15) is 0 Å². The van der Waals surface area contributed by atoms with E-state index in [1.165, 1.54) is 0 Å². The van der Waals surface area contributed by atoms with Crippen LogP contribution in [0.1, 0.15) is 30.2 Å². The van der Waals surface area contributed by atoms with Crippen molar-refractivity contribution in [2.45, 2.75) is 33.4 Å². The molecule has 2 rings (SSSR count). The first-order valence-corrected chi connectivity index (χ1v) is 7.12. The molecule has 2 N–H and O–H groups in total. The van der Waals surface area contributed by atoms with Crippen molar-refractivity contribution in [1.82, 2.24) is 9.97 Å². The lowest BCUT2D eigenvalue weighted by molar-refractivity contribution is 0.281. The predicted molar refractivity (Wildman–Crippen MR) is 82.2 cm³/mol. The Labute approximate surface area is 125 Å². The summed E-state index contributed by atoms with van der Waals surface area (Å²) >= 11 is 0. The quantitative estimate of drug-likeness (QED) is 0.819. The number of hydrogen-bond donors (Lipinski definition) is 2. The highest BCUT2D eigenvalue weighted by molar-refractivity contribution is 5.33. The zero-order valence-corrected chi connectivity index (χ0v) is 12.5. The van der Waals surface area contributed by atoms with Crippen molar-refractivity contribution in [2.75, 3.05) is 11.9 Å². The molecule has 0 aliphatic carbocycles. The zero-order valence-electron chi connectivity index (χ0n) is 12.5. The number of nitrogens with zero attached hydrogens (tertiary/aromatic N) is 2. The van der Waals surface area contributed by atoms with Crippen LogP contribution >= 0.6 is 0 Å². The van der Waals surface area contributed by atoms with Crippen LogP contribution in [0.2, 0.25) is 0 Å². The average molecular weight is 287 g/mol. The Morgan fingerprint density at radius 1 is 1.19 bits per heavy atom. The van der Waals surface area contributed by atoms with Crippen molar-refractivity contribution < 1.29 is 9.84 Å². The van der Waals surface area contributed by atoms with E-state index in [1.54, 1.807) is 0 Å². The van der Waals surface area contributed by atoms with Crippen LogP contribution in [0.3, 0.4) is 0 Å². The Morgan fingerprint density at radius 2 is 2.00 bits per heavy atom. The van der Waals surface area contributed by atoms with E-state index in [0.717, 1.165) is 23.2 Å². The number of nitrogens with one attached hydrogen (secondary N) is 1. The maximum atomic E-state index is 9.14. The Balaban J connectivity index is 2.03. The smallest absolute Gasteiger partial charge is 0.226 e. The molecule has 5 nitrogen and oxygen atoms in total. The van der Waals surface area contributed by atoms with Gasteiger partial charge in [0.15, 0.2) is 0 Å². The third kappa shape index (κ3) is 4.72. The van der Waals surface area contributed by atoms with Crippen molar-refractivity contribution >= 4 is 5.95 Å². The molecule has 0 bridgehead atoms. The topological polar surface area (TPSA) is 67.3 Å². The summed E-state index contributed by atoms with van der Waals surface area (Å²) in [5.41, 5.74) is 2.83. The van der Waals surface area contributed by atoms with E-state index in [-0.39, 0.29) is 6.61 Å². The van der Waals surface area contributed by atoms with E-state index in [4.69, 9.17) is 9.84 Å². The minimum atomic E-state index is 0.0454. The molecule has 5 heteroatoms. The van der Waals surface area contributed by atoms with E-state index in [2.05, 4.69) is 22.2 Å². The predicted octanol–water partition coefficient (Wildman–Crippen LogP) is 2.68. The summed E-state index contributed by atoms with van der Waals surface area (Å²) in [6, 6.07) is 9.60. The van der Waals surface area contributed by atoms with Gasteiger partial charge in [-0.2, -0.15) is 4.98 Å². The molecule has 1 aromatic heterocycles. The van der Waals surface area contributed by atoms with Gasteiger partial charge in [-0.15, -0.1) is 0 Å². The summed E-state index contributed by atoms with van der Waals surface area (Å²) in [5.74, 6) is 1.14. The average Bonchev–Trinajstić information content (AvgIpc) is 2.50. The lowest BCUT2D eigenvalue weighted by Gasteiger charge is -2.09. The molecular formula is C16H21N3O2. The number of aryl methyl sites for hydroxylation is 1. The second-order valence-electron chi connectivity index (χ2n) is 4.85. The van der Waals surface area contributed by atoms with Crippen molar-refractivity contribution in [2.24, 2.45) is 0 Å². The van der Waals surface area contributed by atoms with Gasteiger partial charge in [0.25, 0.3) is 0 Å². The van der Waals surface area contributed by atoms with Crippen LogP contribution in [0.4, 0.5) is 5.95 Å². The highest BCUT2D eigenvalue weighted by Crippen LogP contribution is 2.13. The highest BCUT2D eigenvalue weighted by Gasteiger charge is 2.03. The molecule has 0 saturated heterocycles. The lowest BCUT2D eigenvalue weighted by Crippen LogP contribution is -2.07. The Bertz CT molecular complexity index is 587. The number of rotatable bonds is 7. The molecule has 0 atom stereocenters. The molecule has 0 unspecified atom stereocenters. The monoisotopic (exact) mass is 287 g/mol. The SMILES string of the molecule is CCCOc1cc(C)nc(NCc2cccc(CO)c2)n1. The summed E-state index contributed by atoms with van der Waals surface area (Å²) in [6.45, 7) is 5.27. The number of aliphatic hydroxyl groups excluding tert-OH is 1. The normalized spacial score (nSPS) is 10.4. The molecule has 0 fully saturated rings. The number of hydrogen-bond acceptors (Lipinski definition) is 5. The molecule has 1 aromatic carbocycles. The molecule has 0 saturated carbocycles. The lowest BCUT2D eigenvalue weighted by atomic mass is 10.1. The van der Waals surface area contributed by atoms with Crippen LogP contribution < -0.4 is 10.1 Å². The molecule has 0 aliphatic heterocycles. The van der Waals surface area contributed by atoms with Gasteiger partial charge < -0.3 is 15.2 Å². The van der Waals surface area contributed by atoms with Gasteiger partial charge in [0.05, 0.1) is 13.2 Å². The molecule has 0 aliphatic rings. The fraction of sp³-hybridized carbons (Fsp3) is 0.375. The first-order valence-electron chi connectivity index (χ1n) is 7.12. The van der Waals surface area contributed by atoms with Gasteiger partial charge in [-0.3, -0.25) is 0 Å². The van der Waals surface area contributed by atoms with E-state index in [1.807, 2.05) is 37.3 Å². The van der Waals surface area contributed by atoms with Crippen molar-refractivity contribution in [3.8, 4) is 5.88 Å². The van der Waals surface area contributed by atoms with E-state index < -0.39 is 0 Å². The van der Waals surface area contributed by atoms with Crippen LogP contribution in [-0.4, -0.2) is 21.7 Å². The van der Waals surface area contributed by atoms with Crippen LogP contribution in [0.25, 0.3) is 0 Å². The van der Waals surface area contributed by atoms with Gasteiger partial charge in [-0.1, -0.05) is 31.2 Å². The largest absolute Gasteiger partial charge is 0.478 e. The molecule has 0 spiro atoms. The number of benzene rings is 1. The molecule has 2 aromatic rings. The zero-order chi connectivity index (χ0) is 15.1. The minimum absolute atomic E-state index is 0.0454. The number of aromatic nitrogens is 2. The van der Waals surface area contributed by atoms with Gasteiger partial charge >= 0.3 is 0 Å². The minimum Gasteiger partial charge on any atom is -0.478 e. The summed E-state index contributed by atoms with van der Waals surface area (Å²) in [5, 5.41) is 12.3. The fourth-order valence-electron chi connectivity index (χ4n) is 1.92. The van der Waals surface area contributed by atoms with Gasteiger partial charge in [0, 0.05) is 18.3 Å². The molecule has 1 heterocycles.